The van der Waals surface area contributed by atoms with Crippen molar-refractivity contribution in [3.8, 4) is 0 Å². The summed E-state index contributed by atoms with van der Waals surface area (Å²) < 4.78 is 0. The number of likely N-dealkylation sites (tertiary alicyclic amines) is 1. The molecule has 6 unspecified atom stereocenters. The van der Waals surface area contributed by atoms with Crippen molar-refractivity contribution in [2.45, 2.75) is 70.3 Å². The molecule has 0 saturated carbocycles. The molecule has 0 aromatic rings. The van der Waals surface area contributed by atoms with E-state index in [1.54, 1.807) is 6.92 Å². The summed E-state index contributed by atoms with van der Waals surface area (Å²) in [7, 11) is 0. The number of carboxylic acids is 1. The second kappa shape index (κ2) is 11.1. The molecule has 0 aromatic carbocycles. The average Bonchev–Trinajstić information content (AvgIpc) is 3.17. The van der Waals surface area contributed by atoms with Crippen LogP contribution in [-0.4, -0.2) is 87.3 Å². The molecule has 0 spiro atoms. The number of carbonyl (C=O) groups is 4. The number of nitrogens with zero attached hydrogens (tertiary/aromatic N) is 1. The minimum atomic E-state index is -1.49. The Bertz CT molecular complexity index is 613. The SMILES string of the molecule is CCC(C)C(NC(=O)C1CCCN1C(=O)C(N)C(C)O)C(=O)NC(CO)C(=O)O. The summed E-state index contributed by atoms with van der Waals surface area (Å²) in [6.45, 7) is 4.44. The normalized spacial score (nSPS) is 21.6. The molecule has 29 heavy (non-hydrogen) atoms. The number of rotatable bonds is 10. The molecule has 166 valence electrons. The van der Waals surface area contributed by atoms with Crippen molar-refractivity contribution in [1.29, 1.82) is 0 Å². The van der Waals surface area contributed by atoms with Crippen LogP contribution in [-0.2, 0) is 19.2 Å². The van der Waals surface area contributed by atoms with E-state index in [9.17, 15) is 24.3 Å². The fourth-order valence-electron chi connectivity index (χ4n) is 3.10. The molecule has 0 aromatic heterocycles. The van der Waals surface area contributed by atoms with Crippen LogP contribution < -0.4 is 16.4 Å². The number of hydrogen-bond acceptors (Lipinski definition) is 7. The van der Waals surface area contributed by atoms with Gasteiger partial charge in [-0.3, -0.25) is 14.4 Å². The summed E-state index contributed by atoms with van der Waals surface area (Å²) >= 11 is 0. The molecular weight excluding hydrogens is 384 g/mol. The number of carbonyl (C=O) groups excluding carboxylic acids is 3. The zero-order valence-electron chi connectivity index (χ0n) is 17.0. The molecule has 1 aliphatic heterocycles. The van der Waals surface area contributed by atoms with E-state index in [2.05, 4.69) is 10.6 Å². The van der Waals surface area contributed by atoms with Crippen molar-refractivity contribution >= 4 is 23.7 Å². The molecule has 1 saturated heterocycles. The fraction of sp³-hybridized carbons (Fsp3) is 0.778. The van der Waals surface area contributed by atoms with Gasteiger partial charge in [0.1, 0.15) is 24.2 Å². The highest BCUT2D eigenvalue weighted by Gasteiger charge is 2.39. The van der Waals surface area contributed by atoms with Gasteiger partial charge in [-0.05, 0) is 25.7 Å². The van der Waals surface area contributed by atoms with Crippen LogP contribution in [0.5, 0.6) is 0 Å². The van der Waals surface area contributed by atoms with Crippen molar-refractivity contribution in [1.82, 2.24) is 15.5 Å². The van der Waals surface area contributed by atoms with Crippen LogP contribution in [0.3, 0.4) is 0 Å². The minimum absolute atomic E-state index is 0.309. The number of nitrogens with two attached hydrogens (primary N) is 1. The highest BCUT2D eigenvalue weighted by molar-refractivity contribution is 5.94. The van der Waals surface area contributed by atoms with Crippen LogP contribution in [0.25, 0.3) is 0 Å². The van der Waals surface area contributed by atoms with Gasteiger partial charge in [0, 0.05) is 6.54 Å². The number of carboxylic acid groups (broad SMARTS) is 1. The lowest BCUT2D eigenvalue weighted by Crippen LogP contribution is -2.59. The standard InChI is InChI=1S/C18H32N4O7/c1-4-9(2)14(16(26)20-11(8-23)18(28)29)21-15(25)12-6-5-7-22(12)17(27)13(19)10(3)24/h9-14,23-24H,4-8,19H2,1-3H3,(H,20,26)(H,21,25)(H,28,29). The number of aliphatic hydroxyl groups is 2. The van der Waals surface area contributed by atoms with Gasteiger partial charge in [0.15, 0.2) is 0 Å². The van der Waals surface area contributed by atoms with E-state index >= 15 is 0 Å². The highest BCUT2D eigenvalue weighted by atomic mass is 16.4. The lowest BCUT2D eigenvalue weighted by Gasteiger charge is -2.30. The number of aliphatic hydroxyl groups excluding tert-OH is 2. The van der Waals surface area contributed by atoms with E-state index in [-0.39, 0.29) is 5.92 Å². The molecule has 1 rings (SSSR count). The third-order valence-corrected chi connectivity index (χ3v) is 5.23. The van der Waals surface area contributed by atoms with Crippen LogP contribution in [0.1, 0.15) is 40.0 Å². The van der Waals surface area contributed by atoms with Crippen molar-refractivity contribution < 1.29 is 34.5 Å². The molecule has 0 aliphatic carbocycles. The molecule has 11 nitrogen and oxygen atoms in total. The van der Waals surface area contributed by atoms with Crippen molar-refractivity contribution in [2.75, 3.05) is 13.2 Å². The maximum atomic E-state index is 12.8. The Balaban J connectivity index is 2.93. The predicted octanol–water partition coefficient (Wildman–Crippen LogP) is -2.22. The van der Waals surface area contributed by atoms with Crippen molar-refractivity contribution in [3.05, 3.63) is 0 Å². The van der Waals surface area contributed by atoms with E-state index in [1.165, 1.54) is 11.8 Å². The number of amides is 3. The van der Waals surface area contributed by atoms with Gasteiger partial charge < -0.3 is 36.6 Å². The molecule has 3 amide bonds. The summed E-state index contributed by atoms with van der Waals surface area (Å²) in [5.74, 6) is -3.55. The van der Waals surface area contributed by atoms with Crippen LogP contribution in [0.2, 0.25) is 0 Å². The first-order valence-electron chi connectivity index (χ1n) is 9.73. The molecule has 1 aliphatic rings. The first-order chi connectivity index (χ1) is 13.5. The van der Waals surface area contributed by atoms with Gasteiger partial charge in [-0.1, -0.05) is 20.3 Å². The van der Waals surface area contributed by atoms with E-state index in [0.29, 0.717) is 25.8 Å². The Morgan fingerprint density at radius 3 is 2.31 bits per heavy atom. The van der Waals surface area contributed by atoms with E-state index in [1.807, 2.05) is 6.92 Å². The second-order valence-electron chi connectivity index (χ2n) is 7.41. The average molecular weight is 416 g/mol. The van der Waals surface area contributed by atoms with Crippen LogP contribution in [0.15, 0.2) is 0 Å². The van der Waals surface area contributed by atoms with Gasteiger partial charge in [0.2, 0.25) is 17.7 Å². The van der Waals surface area contributed by atoms with Crippen LogP contribution in [0, 0.1) is 5.92 Å². The van der Waals surface area contributed by atoms with Gasteiger partial charge in [0.25, 0.3) is 0 Å². The molecule has 7 N–H and O–H groups in total. The number of nitrogens with one attached hydrogen (secondary N) is 2. The van der Waals surface area contributed by atoms with Gasteiger partial charge in [-0.25, -0.2) is 4.79 Å². The molecule has 0 bridgehead atoms. The minimum Gasteiger partial charge on any atom is -0.480 e. The zero-order chi connectivity index (χ0) is 22.3. The highest BCUT2D eigenvalue weighted by Crippen LogP contribution is 2.20. The Kier molecular flexibility index (Phi) is 9.47. The maximum absolute atomic E-state index is 12.8. The smallest absolute Gasteiger partial charge is 0.328 e. The van der Waals surface area contributed by atoms with Gasteiger partial charge >= 0.3 is 5.97 Å². The molecule has 0 radical (unpaired) electrons. The summed E-state index contributed by atoms with van der Waals surface area (Å²) in [6.07, 6.45) is 0.405. The fourth-order valence-corrected chi connectivity index (χ4v) is 3.10. The first kappa shape index (κ1) is 24.8. The zero-order valence-corrected chi connectivity index (χ0v) is 17.0. The topological polar surface area (TPSA) is 182 Å². The largest absolute Gasteiger partial charge is 0.480 e. The van der Waals surface area contributed by atoms with Crippen molar-refractivity contribution in [3.63, 3.8) is 0 Å². The Labute approximate surface area is 169 Å². The third kappa shape index (κ3) is 6.38. The Morgan fingerprint density at radius 2 is 1.83 bits per heavy atom. The lowest BCUT2D eigenvalue weighted by molar-refractivity contribution is -0.144. The molecular formula is C18H32N4O7. The predicted molar refractivity (Wildman–Crippen MR) is 102 cm³/mol. The van der Waals surface area contributed by atoms with Gasteiger partial charge in [-0.15, -0.1) is 0 Å². The van der Waals surface area contributed by atoms with Crippen LogP contribution in [0.4, 0.5) is 0 Å². The summed E-state index contributed by atoms with van der Waals surface area (Å²) in [6, 6.07) is -4.51. The first-order valence-corrected chi connectivity index (χ1v) is 9.73. The molecule has 1 fully saturated rings. The van der Waals surface area contributed by atoms with Crippen molar-refractivity contribution in [2.24, 2.45) is 11.7 Å². The van der Waals surface area contributed by atoms with E-state index in [0.717, 1.165) is 0 Å². The van der Waals surface area contributed by atoms with Gasteiger partial charge in [-0.2, -0.15) is 0 Å². The maximum Gasteiger partial charge on any atom is 0.328 e. The molecule has 1 heterocycles. The molecule has 6 atom stereocenters. The summed E-state index contributed by atoms with van der Waals surface area (Å²) in [5, 5.41) is 32.5. The molecule has 11 heteroatoms. The summed E-state index contributed by atoms with van der Waals surface area (Å²) in [4.78, 5) is 50.2. The lowest BCUT2D eigenvalue weighted by atomic mass is 9.97. The Hall–Kier alpha value is -2.24. The van der Waals surface area contributed by atoms with E-state index in [4.69, 9.17) is 15.9 Å². The monoisotopic (exact) mass is 416 g/mol. The van der Waals surface area contributed by atoms with Crippen LogP contribution >= 0.6 is 0 Å². The number of aliphatic carboxylic acids is 1. The Morgan fingerprint density at radius 1 is 1.21 bits per heavy atom. The second-order valence-corrected chi connectivity index (χ2v) is 7.41. The third-order valence-electron chi connectivity index (χ3n) is 5.23. The van der Waals surface area contributed by atoms with Gasteiger partial charge in [0.05, 0.1) is 12.7 Å². The quantitative estimate of drug-likeness (QED) is 0.231. The number of hydrogen-bond donors (Lipinski definition) is 6. The summed E-state index contributed by atoms with van der Waals surface area (Å²) in [5.41, 5.74) is 5.70. The van der Waals surface area contributed by atoms with E-state index < -0.39 is 60.6 Å².